The lowest BCUT2D eigenvalue weighted by atomic mass is 10.1. The lowest BCUT2D eigenvalue weighted by Gasteiger charge is -2.23. The summed E-state index contributed by atoms with van der Waals surface area (Å²) in [4.78, 5) is 11.5. The first-order chi connectivity index (χ1) is 8.81. The molecular formula is C11H14N4O2S. The Bertz CT molecular complexity index is 615. The van der Waals surface area contributed by atoms with E-state index in [1.54, 1.807) is 7.11 Å². The average Bonchev–Trinajstić information content (AvgIpc) is 2.75. The molecule has 1 unspecified atom stereocenters. The lowest BCUT2D eigenvalue weighted by molar-refractivity contribution is 0.0598. The predicted molar refractivity (Wildman–Crippen MR) is 68.4 cm³/mol. The molecule has 2 aromatic heterocycles. The van der Waals surface area contributed by atoms with Crippen molar-refractivity contribution in [2.45, 2.75) is 18.9 Å². The summed E-state index contributed by atoms with van der Waals surface area (Å²) in [6, 6.07) is 0.236. The van der Waals surface area contributed by atoms with Crippen molar-refractivity contribution in [3.05, 3.63) is 11.1 Å². The molecule has 3 rings (SSSR count). The smallest absolute Gasteiger partial charge is 0.242 e. The minimum absolute atomic E-state index is 0.236. The van der Waals surface area contributed by atoms with E-state index in [0.29, 0.717) is 17.3 Å². The normalized spacial score (nSPS) is 20.2. The van der Waals surface area contributed by atoms with E-state index >= 15 is 0 Å². The highest BCUT2D eigenvalue weighted by Gasteiger charge is 2.21. The molecule has 6 nitrogen and oxygen atoms in total. The molecule has 1 aliphatic heterocycles. The number of aromatic amines is 1. The number of imidazole rings is 1. The number of ether oxygens (including phenoxy) is 2. The third-order valence-electron chi connectivity index (χ3n) is 3.17. The Morgan fingerprint density at radius 2 is 2.44 bits per heavy atom. The molecule has 0 radical (unpaired) electrons. The van der Waals surface area contributed by atoms with Crippen LogP contribution in [0.5, 0.6) is 5.88 Å². The van der Waals surface area contributed by atoms with E-state index in [2.05, 4.69) is 15.0 Å². The molecular weight excluding hydrogens is 252 g/mol. The summed E-state index contributed by atoms with van der Waals surface area (Å²) in [6.45, 7) is 1.50. The predicted octanol–water partition coefficient (Wildman–Crippen LogP) is 1.85. The Kier molecular flexibility index (Phi) is 3.00. The van der Waals surface area contributed by atoms with Gasteiger partial charge in [-0.2, -0.15) is 4.98 Å². The Morgan fingerprint density at radius 3 is 3.17 bits per heavy atom. The van der Waals surface area contributed by atoms with Crippen molar-refractivity contribution in [3.63, 3.8) is 0 Å². The molecule has 0 aliphatic carbocycles. The van der Waals surface area contributed by atoms with E-state index in [0.717, 1.165) is 30.6 Å². The van der Waals surface area contributed by atoms with Crippen LogP contribution < -0.4 is 4.74 Å². The van der Waals surface area contributed by atoms with Crippen LogP contribution in [0.2, 0.25) is 0 Å². The molecule has 18 heavy (non-hydrogen) atoms. The summed E-state index contributed by atoms with van der Waals surface area (Å²) < 4.78 is 13.4. The molecule has 0 spiro atoms. The molecule has 1 N–H and O–H groups in total. The first-order valence-corrected chi connectivity index (χ1v) is 6.29. The quantitative estimate of drug-likeness (QED) is 0.840. The van der Waals surface area contributed by atoms with Crippen LogP contribution in [0.15, 0.2) is 6.33 Å². The van der Waals surface area contributed by atoms with Gasteiger partial charge in [-0.3, -0.25) is 4.57 Å². The van der Waals surface area contributed by atoms with Gasteiger partial charge in [0, 0.05) is 6.61 Å². The minimum Gasteiger partial charge on any atom is -0.479 e. The molecule has 1 fully saturated rings. The number of H-pyrrole nitrogens is 1. The van der Waals surface area contributed by atoms with Gasteiger partial charge in [-0.15, -0.1) is 0 Å². The molecule has 0 amide bonds. The third kappa shape index (κ3) is 1.79. The molecule has 1 aliphatic rings. The van der Waals surface area contributed by atoms with Crippen molar-refractivity contribution in [2.24, 2.45) is 0 Å². The first-order valence-electron chi connectivity index (χ1n) is 5.88. The van der Waals surface area contributed by atoms with Gasteiger partial charge >= 0.3 is 0 Å². The van der Waals surface area contributed by atoms with Crippen molar-refractivity contribution in [1.82, 2.24) is 19.5 Å². The second-order valence-electron chi connectivity index (χ2n) is 4.25. The maximum absolute atomic E-state index is 5.51. The number of hydrogen-bond donors (Lipinski definition) is 1. The van der Waals surface area contributed by atoms with E-state index in [-0.39, 0.29) is 6.04 Å². The fourth-order valence-corrected chi connectivity index (χ4v) is 2.67. The maximum atomic E-state index is 5.51. The summed E-state index contributed by atoms with van der Waals surface area (Å²) in [5, 5.41) is 0. The van der Waals surface area contributed by atoms with Crippen LogP contribution in [0.1, 0.15) is 18.9 Å². The second-order valence-corrected chi connectivity index (χ2v) is 4.64. The van der Waals surface area contributed by atoms with Crippen molar-refractivity contribution in [3.8, 4) is 5.88 Å². The monoisotopic (exact) mass is 266 g/mol. The molecule has 0 bridgehead atoms. The van der Waals surface area contributed by atoms with Crippen molar-refractivity contribution < 1.29 is 9.47 Å². The number of rotatable bonds is 2. The fourth-order valence-electron chi connectivity index (χ4n) is 2.34. The summed E-state index contributed by atoms with van der Waals surface area (Å²) >= 11 is 5.37. The molecule has 3 heterocycles. The third-order valence-corrected chi connectivity index (χ3v) is 3.46. The maximum Gasteiger partial charge on any atom is 0.242 e. The van der Waals surface area contributed by atoms with Crippen LogP contribution >= 0.6 is 12.2 Å². The number of nitrogens with one attached hydrogen (secondary N) is 1. The highest BCUT2D eigenvalue weighted by Crippen LogP contribution is 2.27. The molecule has 0 aromatic carbocycles. The Morgan fingerprint density at radius 1 is 1.56 bits per heavy atom. The van der Waals surface area contributed by atoms with Crippen LogP contribution in [0, 0.1) is 4.77 Å². The van der Waals surface area contributed by atoms with Crippen molar-refractivity contribution >= 4 is 23.4 Å². The SMILES string of the molecule is COc1ncnc2c1[nH]c(=S)n2C1CCCOC1. The zero-order valence-corrected chi connectivity index (χ0v) is 10.9. The fraction of sp³-hybridized carbons (Fsp3) is 0.545. The lowest BCUT2D eigenvalue weighted by Crippen LogP contribution is -2.21. The summed E-state index contributed by atoms with van der Waals surface area (Å²) in [7, 11) is 1.58. The van der Waals surface area contributed by atoms with Gasteiger partial charge in [-0.25, -0.2) is 4.98 Å². The van der Waals surface area contributed by atoms with Gasteiger partial charge < -0.3 is 14.5 Å². The molecule has 2 aromatic rings. The molecule has 7 heteroatoms. The largest absolute Gasteiger partial charge is 0.479 e. The van der Waals surface area contributed by atoms with Gasteiger partial charge in [0.1, 0.15) is 11.8 Å². The number of aromatic nitrogens is 4. The summed E-state index contributed by atoms with van der Waals surface area (Å²) in [6.07, 6.45) is 3.58. The summed E-state index contributed by atoms with van der Waals surface area (Å²) in [5.41, 5.74) is 1.53. The highest BCUT2D eigenvalue weighted by molar-refractivity contribution is 7.71. The van der Waals surface area contributed by atoms with Crippen LogP contribution in [-0.4, -0.2) is 39.8 Å². The van der Waals surface area contributed by atoms with Gasteiger partial charge in [0.05, 0.1) is 19.8 Å². The van der Waals surface area contributed by atoms with Gasteiger partial charge in [-0.05, 0) is 25.1 Å². The van der Waals surface area contributed by atoms with E-state index in [1.165, 1.54) is 6.33 Å². The van der Waals surface area contributed by atoms with E-state index < -0.39 is 0 Å². The molecule has 0 saturated carbocycles. The van der Waals surface area contributed by atoms with Crippen molar-refractivity contribution in [2.75, 3.05) is 20.3 Å². The van der Waals surface area contributed by atoms with Crippen LogP contribution in [0.3, 0.4) is 0 Å². The Hall–Kier alpha value is -1.47. The zero-order valence-electron chi connectivity index (χ0n) is 10.0. The van der Waals surface area contributed by atoms with Gasteiger partial charge in [0.25, 0.3) is 0 Å². The van der Waals surface area contributed by atoms with Crippen LogP contribution in [-0.2, 0) is 4.74 Å². The number of nitrogens with zero attached hydrogens (tertiary/aromatic N) is 3. The molecule has 1 saturated heterocycles. The standard InChI is InChI=1S/C11H14N4O2S/c1-16-10-8-9(12-6-13-10)15(11(18)14-8)7-3-2-4-17-5-7/h6-7H,2-5H2,1H3,(H,14,18). The van der Waals surface area contributed by atoms with Gasteiger partial charge in [-0.1, -0.05) is 0 Å². The van der Waals surface area contributed by atoms with E-state index in [1.807, 2.05) is 4.57 Å². The number of fused-ring (bicyclic) bond motifs is 1. The second kappa shape index (κ2) is 4.66. The van der Waals surface area contributed by atoms with Crippen molar-refractivity contribution in [1.29, 1.82) is 0 Å². The number of hydrogen-bond acceptors (Lipinski definition) is 5. The Balaban J connectivity index is 2.16. The van der Waals surface area contributed by atoms with Crippen LogP contribution in [0.25, 0.3) is 11.2 Å². The van der Waals surface area contributed by atoms with E-state index in [9.17, 15) is 0 Å². The highest BCUT2D eigenvalue weighted by atomic mass is 32.1. The van der Waals surface area contributed by atoms with Gasteiger partial charge in [0.2, 0.25) is 5.88 Å². The topological polar surface area (TPSA) is 65.0 Å². The minimum atomic E-state index is 0.236. The van der Waals surface area contributed by atoms with Gasteiger partial charge in [0.15, 0.2) is 10.4 Å². The Labute approximate surface area is 109 Å². The van der Waals surface area contributed by atoms with Crippen LogP contribution in [0.4, 0.5) is 0 Å². The molecule has 96 valence electrons. The first kappa shape index (κ1) is 11.6. The average molecular weight is 266 g/mol. The molecule has 1 atom stereocenters. The number of methoxy groups -OCH3 is 1. The van der Waals surface area contributed by atoms with E-state index in [4.69, 9.17) is 21.7 Å². The summed E-state index contributed by atoms with van der Waals surface area (Å²) in [5.74, 6) is 0.515. The zero-order chi connectivity index (χ0) is 12.5.